The molecule has 0 bridgehead atoms. The Morgan fingerprint density at radius 1 is 1.11 bits per heavy atom. The molecule has 0 saturated carbocycles. The Morgan fingerprint density at radius 3 is 2.56 bits per heavy atom. The normalized spacial score (nSPS) is 15.0. The van der Waals surface area contributed by atoms with E-state index in [1.807, 2.05) is 13.1 Å². The summed E-state index contributed by atoms with van der Waals surface area (Å²) in [6.45, 7) is 4.47. The van der Waals surface area contributed by atoms with Gasteiger partial charge in [0.1, 0.15) is 5.01 Å². The van der Waals surface area contributed by atoms with E-state index in [1.165, 1.54) is 17.0 Å². The molecule has 27 heavy (non-hydrogen) atoms. The highest BCUT2D eigenvalue weighted by Crippen LogP contribution is 2.30. The summed E-state index contributed by atoms with van der Waals surface area (Å²) in [6.07, 6.45) is 0.121. The van der Waals surface area contributed by atoms with Crippen molar-refractivity contribution in [2.45, 2.75) is 32.6 Å². The van der Waals surface area contributed by atoms with Crippen LogP contribution >= 0.6 is 11.3 Å². The number of aromatic nitrogens is 3. The van der Waals surface area contributed by atoms with Crippen molar-refractivity contribution in [3.8, 4) is 11.4 Å². The topological polar surface area (TPSA) is 41.9 Å². The molecule has 0 N–H and O–H groups in total. The van der Waals surface area contributed by atoms with Crippen molar-refractivity contribution in [1.82, 2.24) is 19.9 Å². The molecule has 0 amide bonds. The molecule has 0 radical (unpaired) electrons. The number of thiazole rings is 1. The molecule has 1 aliphatic heterocycles. The molecule has 4 nitrogen and oxygen atoms in total. The summed E-state index contributed by atoms with van der Waals surface area (Å²) in [7, 11) is 0. The second-order valence-corrected chi connectivity index (χ2v) is 7.89. The van der Waals surface area contributed by atoms with Crippen LogP contribution in [-0.2, 0) is 25.7 Å². The van der Waals surface area contributed by atoms with Crippen LogP contribution in [0.5, 0.6) is 0 Å². The monoisotopic (exact) mass is 390 g/mol. The molecule has 140 valence electrons. The van der Waals surface area contributed by atoms with E-state index >= 15 is 0 Å². The van der Waals surface area contributed by atoms with Crippen LogP contribution < -0.4 is 0 Å². The molecule has 3 heterocycles. The molecule has 2 aromatic heterocycles. The predicted molar refractivity (Wildman–Crippen MR) is 97.1 cm³/mol. The molecular formula is C19H17F3N4S. The van der Waals surface area contributed by atoms with Gasteiger partial charge >= 0.3 is 6.18 Å². The van der Waals surface area contributed by atoms with Crippen molar-refractivity contribution < 1.29 is 13.2 Å². The van der Waals surface area contributed by atoms with Gasteiger partial charge in [-0.25, -0.2) is 15.0 Å². The highest BCUT2D eigenvalue weighted by Gasteiger charge is 2.30. The van der Waals surface area contributed by atoms with Crippen LogP contribution in [0, 0.1) is 6.92 Å². The van der Waals surface area contributed by atoms with Crippen LogP contribution in [0.3, 0.4) is 0 Å². The van der Waals surface area contributed by atoms with E-state index in [4.69, 9.17) is 0 Å². The molecule has 0 saturated heterocycles. The first-order chi connectivity index (χ1) is 12.9. The molecule has 0 fully saturated rings. The van der Waals surface area contributed by atoms with Gasteiger partial charge in [-0.05, 0) is 19.1 Å². The quantitative estimate of drug-likeness (QED) is 0.661. The van der Waals surface area contributed by atoms with Crippen LogP contribution in [0.1, 0.15) is 26.7 Å². The first-order valence-corrected chi connectivity index (χ1v) is 9.36. The Labute approximate surface area is 158 Å². The van der Waals surface area contributed by atoms with E-state index < -0.39 is 11.7 Å². The Hall–Kier alpha value is -2.32. The third-order valence-corrected chi connectivity index (χ3v) is 5.41. The predicted octanol–water partition coefficient (Wildman–Crippen LogP) is 4.49. The van der Waals surface area contributed by atoms with Gasteiger partial charge in [0.15, 0.2) is 5.82 Å². The van der Waals surface area contributed by atoms with Gasteiger partial charge in [-0.2, -0.15) is 13.2 Å². The summed E-state index contributed by atoms with van der Waals surface area (Å²) < 4.78 is 38.1. The largest absolute Gasteiger partial charge is 0.416 e. The summed E-state index contributed by atoms with van der Waals surface area (Å²) in [6, 6.07) is 4.97. The summed E-state index contributed by atoms with van der Waals surface area (Å²) >= 11 is 1.70. The van der Waals surface area contributed by atoms with Crippen molar-refractivity contribution >= 4 is 11.3 Å². The minimum atomic E-state index is -4.34. The number of hydrogen-bond acceptors (Lipinski definition) is 5. The number of alkyl halides is 3. The third kappa shape index (κ3) is 4.01. The maximum Gasteiger partial charge on any atom is 0.416 e. The van der Waals surface area contributed by atoms with Crippen molar-refractivity contribution in [2.75, 3.05) is 6.54 Å². The van der Waals surface area contributed by atoms with Crippen molar-refractivity contribution in [1.29, 1.82) is 0 Å². The van der Waals surface area contributed by atoms with E-state index in [1.54, 1.807) is 17.5 Å². The minimum Gasteiger partial charge on any atom is -0.292 e. The lowest BCUT2D eigenvalue weighted by atomic mass is 10.1. The van der Waals surface area contributed by atoms with Gasteiger partial charge in [-0.15, -0.1) is 11.3 Å². The Morgan fingerprint density at radius 2 is 1.89 bits per heavy atom. The number of hydrogen-bond donors (Lipinski definition) is 0. The van der Waals surface area contributed by atoms with Gasteiger partial charge in [0, 0.05) is 47.9 Å². The lowest BCUT2D eigenvalue weighted by Gasteiger charge is -2.27. The molecule has 0 atom stereocenters. The van der Waals surface area contributed by atoms with E-state index in [2.05, 4.69) is 19.9 Å². The molecule has 1 aromatic carbocycles. The number of rotatable bonds is 3. The number of fused-ring (bicyclic) bond motifs is 1. The summed E-state index contributed by atoms with van der Waals surface area (Å²) in [4.78, 5) is 16.9. The summed E-state index contributed by atoms with van der Waals surface area (Å²) in [5, 5.41) is 1.10. The fourth-order valence-corrected chi connectivity index (χ4v) is 3.95. The minimum absolute atomic E-state index is 0.464. The number of aryl methyl sites for hydroxylation is 1. The molecule has 4 rings (SSSR count). The average molecular weight is 390 g/mol. The molecule has 0 unspecified atom stereocenters. The van der Waals surface area contributed by atoms with Crippen molar-refractivity contribution in [3.05, 3.63) is 63.4 Å². The number of nitrogens with zero attached hydrogens (tertiary/aromatic N) is 4. The van der Waals surface area contributed by atoms with E-state index in [0.29, 0.717) is 11.4 Å². The van der Waals surface area contributed by atoms with Crippen molar-refractivity contribution in [3.63, 3.8) is 0 Å². The maximum absolute atomic E-state index is 12.7. The standard InChI is InChI=1S/C19H17F3N4S/c1-12-8-23-17(27-12)11-26-7-6-16-14(10-26)9-24-18(25-16)13-2-4-15(5-3-13)19(20,21)22/h2-5,8-9H,6-7,10-11H2,1H3. The van der Waals surface area contributed by atoms with Crippen LogP contribution in [-0.4, -0.2) is 26.4 Å². The molecule has 1 aliphatic rings. The van der Waals surface area contributed by atoms with Crippen molar-refractivity contribution in [2.24, 2.45) is 0 Å². The molecular weight excluding hydrogens is 373 g/mol. The zero-order valence-electron chi connectivity index (χ0n) is 14.6. The lowest BCUT2D eigenvalue weighted by molar-refractivity contribution is -0.137. The average Bonchev–Trinajstić information content (AvgIpc) is 3.05. The zero-order valence-corrected chi connectivity index (χ0v) is 15.4. The van der Waals surface area contributed by atoms with E-state index in [9.17, 15) is 13.2 Å². The second kappa shape index (κ2) is 7.01. The third-order valence-electron chi connectivity index (χ3n) is 4.51. The SMILES string of the molecule is Cc1cnc(CN2CCc3nc(-c4ccc(C(F)(F)F)cc4)ncc3C2)s1. The van der Waals surface area contributed by atoms with Gasteiger partial charge in [-0.1, -0.05) is 12.1 Å². The molecule has 3 aromatic rings. The smallest absolute Gasteiger partial charge is 0.292 e. The Kier molecular flexibility index (Phi) is 4.69. The highest BCUT2D eigenvalue weighted by atomic mass is 32.1. The van der Waals surface area contributed by atoms with Gasteiger partial charge in [0.05, 0.1) is 17.8 Å². The van der Waals surface area contributed by atoms with Crippen LogP contribution in [0.15, 0.2) is 36.7 Å². The zero-order chi connectivity index (χ0) is 19.0. The Bertz CT molecular complexity index is 950. The van der Waals surface area contributed by atoms with Crippen LogP contribution in [0.2, 0.25) is 0 Å². The fourth-order valence-electron chi connectivity index (χ4n) is 3.12. The van der Waals surface area contributed by atoms with Gasteiger partial charge in [-0.3, -0.25) is 4.90 Å². The van der Waals surface area contributed by atoms with Crippen LogP contribution in [0.4, 0.5) is 13.2 Å². The number of halogens is 3. The highest BCUT2D eigenvalue weighted by molar-refractivity contribution is 7.11. The Balaban J connectivity index is 1.50. The second-order valence-electron chi connectivity index (χ2n) is 6.57. The number of benzene rings is 1. The molecule has 0 spiro atoms. The van der Waals surface area contributed by atoms with Gasteiger partial charge < -0.3 is 0 Å². The molecule has 0 aliphatic carbocycles. The first kappa shape index (κ1) is 18.1. The van der Waals surface area contributed by atoms with Gasteiger partial charge in [0.2, 0.25) is 0 Å². The van der Waals surface area contributed by atoms with E-state index in [0.717, 1.165) is 54.5 Å². The fraction of sp³-hybridized carbons (Fsp3) is 0.316. The van der Waals surface area contributed by atoms with Crippen LogP contribution in [0.25, 0.3) is 11.4 Å². The summed E-state index contributed by atoms with van der Waals surface area (Å²) in [5.74, 6) is 0.464. The molecule has 8 heteroatoms. The maximum atomic E-state index is 12.7. The first-order valence-electron chi connectivity index (χ1n) is 8.54. The lowest BCUT2D eigenvalue weighted by Crippen LogP contribution is -2.30. The van der Waals surface area contributed by atoms with Gasteiger partial charge in [0.25, 0.3) is 0 Å². The van der Waals surface area contributed by atoms with E-state index in [-0.39, 0.29) is 0 Å². The summed E-state index contributed by atoms with van der Waals surface area (Å²) in [5.41, 5.74) is 1.94.